The molecule has 0 aliphatic carbocycles. The molecule has 1 saturated heterocycles. The van der Waals surface area contributed by atoms with E-state index in [1.807, 2.05) is 0 Å². The predicted octanol–water partition coefficient (Wildman–Crippen LogP) is 1.54. The number of halogens is 1. The number of nitrogens with zero attached hydrogens (tertiary/aromatic N) is 4. The topological polar surface area (TPSA) is 169 Å². The fourth-order valence-corrected chi connectivity index (χ4v) is 5.52. The van der Waals surface area contributed by atoms with Crippen molar-refractivity contribution in [2.24, 2.45) is 0 Å². The fraction of sp³-hybridized carbons (Fsp3) is 0.583. The molecule has 3 atom stereocenters. The zero-order chi connectivity index (χ0) is 19.8. The summed E-state index contributed by atoms with van der Waals surface area (Å²) in [6.45, 7) is -0.277. The summed E-state index contributed by atoms with van der Waals surface area (Å²) in [4.78, 5) is 35.4. The van der Waals surface area contributed by atoms with Crippen molar-refractivity contribution in [2.45, 2.75) is 25.2 Å². The molecule has 0 spiro atoms. The lowest BCUT2D eigenvalue weighted by Crippen LogP contribution is -2.17. The maximum atomic E-state index is 11.7. The summed E-state index contributed by atoms with van der Waals surface area (Å²) in [6.07, 6.45) is 1.58. The van der Waals surface area contributed by atoms with Crippen LogP contribution >= 0.6 is 26.8 Å². The van der Waals surface area contributed by atoms with Crippen LogP contribution in [0.5, 0.6) is 0 Å². The Labute approximate surface area is 158 Å². The van der Waals surface area contributed by atoms with Gasteiger partial charge in [0.2, 0.25) is 5.28 Å². The normalized spacial score (nSPS) is 22.9. The average molecular weight is 442 g/mol. The van der Waals surface area contributed by atoms with Crippen LogP contribution in [0.15, 0.2) is 6.20 Å². The Bertz CT molecular complexity index is 934. The van der Waals surface area contributed by atoms with E-state index in [-0.39, 0.29) is 11.9 Å². The number of hydrogen-bond donors (Lipinski definition) is 4. The Morgan fingerprint density at radius 1 is 1.37 bits per heavy atom. The highest BCUT2D eigenvalue weighted by Gasteiger charge is 2.34. The number of nitrogens with one attached hydrogen (secondary N) is 1. The molecule has 0 aromatic carbocycles. The van der Waals surface area contributed by atoms with E-state index in [0.717, 1.165) is 0 Å². The SMILES string of the molecule is CNc1nc(Cl)nc2c1cnn2[C@H]1CC[C@@H](COP(=O)(O)CP(=O)(O)O)O1. The summed E-state index contributed by atoms with van der Waals surface area (Å²) in [7, 11) is -7.39. The van der Waals surface area contributed by atoms with Crippen molar-refractivity contribution >= 4 is 43.6 Å². The molecule has 0 saturated carbocycles. The van der Waals surface area contributed by atoms with Gasteiger partial charge in [-0.2, -0.15) is 10.1 Å². The molecule has 0 bridgehead atoms. The second-order valence-electron chi connectivity index (χ2n) is 5.95. The number of ether oxygens (including phenoxy) is 1. The van der Waals surface area contributed by atoms with Gasteiger partial charge in [0.1, 0.15) is 5.82 Å². The minimum Gasteiger partial charge on any atom is -0.372 e. The second-order valence-corrected chi connectivity index (χ2v) is 10.3. The molecule has 0 amide bonds. The van der Waals surface area contributed by atoms with Crippen molar-refractivity contribution in [3.63, 3.8) is 0 Å². The molecule has 12 nitrogen and oxygen atoms in total. The summed E-state index contributed by atoms with van der Waals surface area (Å²) >= 11 is 5.93. The van der Waals surface area contributed by atoms with Gasteiger partial charge in [0.15, 0.2) is 17.8 Å². The maximum absolute atomic E-state index is 11.7. The van der Waals surface area contributed by atoms with Gasteiger partial charge in [-0.3, -0.25) is 9.13 Å². The predicted molar refractivity (Wildman–Crippen MR) is 95.7 cm³/mol. The lowest BCUT2D eigenvalue weighted by Gasteiger charge is -2.17. The van der Waals surface area contributed by atoms with Gasteiger partial charge in [0.25, 0.3) is 0 Å². The van der Waals surface area contributed by atoms with Crippen molar-refractivity contribution in [2.75, 3.05) is 24.9 Å². The third kappa shape index (κ3) is 5.04. The molecule has 1 aliphatic rings. The van der Waals surface area contributed by atoms with E-state index in [0.29, 0.717) is 29.7 Å². The Morgan fingerprint density at radius 2 is 2.11 bits per heavy atom. The van der Waals surface area contributed by atoms with Gasteiger partial charge < -0.3 is 29.3 Å². The summed E-state index contributed by atoms with van der Waals surface area (Å²) in [5, 5.41) is 7.87. The molecule has 15 heteroatoms. The van der Waals surface area contributed by atoms with Crippen LogP contribution < -0.4 is 5.32 Å². The van der Waals surface area contributed by atoms with Gasteiger partial charge in [-0.15, -0.1) is 0 Å². The molecule has 2 aromatic heterocycles. The van der Waals surface area contributed by atoms with E-state index in [4.69, 9.17) is 30.6 Å². The number of anilines is 1. The molecule has 1 aliphatic heterocycles. The molecule has 1 unspecified atom stereocenters. The minimum atomic E-state index is -4.67. The maximum Gasteiger partial charge on any atom is 0.340 e. The van der Waals surface area contributed by atoms with Crippen molar-refractivity contribution < 1.29 is 33.1 Å². The smallest absolute Gasteiger partial charge is 0.340 e. The van der Waals surface area contributed by atoms with Crippen molar-refractivity contribution in [1.29, 1.82) is 0 Å². The van der Waals surface area contributed by atoms with Gasteiger partial charge in [0, 0.05) is 7.05 Å². The largest absolute Gasteiger partial charge is 0.372 e. The first-order valence-electron chi connectivity index (χ1n) is 7.83. The standard InChI is InChI=1S/C12H18ClN5O7P2/c1-14-10-8-4-15-18(11(8)17-12(13)16-10)9-3-2-7(25-9)5-24-27(22,23)6-26(19,20)21/h4,7,9H,2-3,5-6H2,1H3,(H,22,23)(H,14,16,17)(H2,19,20,21)/t7-,9+/m0/s1. The summed E-state index contributed by atoms with van der Waals surface area (Å²) in [5.41, 5.74) is 0.472. The van der Waals surface area contributed by atoms with Gasteiger partial charge in [-0.25, -0.2) is 9.67 Å². The molecule has 2 aromatic rings. The van der Waals surface area contributed by atoms with E-state index >= 15 is 0 Å². The third-order valence-corrected chi connectivity index (χ3v) is 7.47. The molecule has 27 heavy (non-hydrogen) atoms. The third-order valence-electron chi connectivity index (χ3n) is 3.85. The van der Waals surface area contributed by atoms with Crippen molar-refractivity contribution in [1.82, 2.24) is 19.7 Å². The molecule has 0 radical (unpaired) electrons. The average Bonchev–Trinajstić information content (AvgIpc) is 3.16. The van der Waals surface area contributed by atoms with Crippen LogP contribution in [0.3, 0.4) is 0 Å². The van der Waals surface area contributed by atoms with Gasteiger partial charge in [-0.1, -0.05) is 0 Å². The van der Waals surface area contributed by atoms with Gasteiger partial charge >= 0.3 is 15.2 Å². The van der Waals surface area contributed by atoms with Crippen LogP contribution in [-0.2, 0) is 18.4 Å². The minimum absolute atomic E-state index is 0.0464. The van der Waals surface area contributed by atoms with Crippen LogP contribution in [0.1, 0.15) is 19.1 Å². The van der Waals surface area contributed by atoms with Crippen LogP contribution in [0.2, 0.25) is 5.28 Å². The first-order valence-corrected chi connectivity index (χ1v) is 11.8. The quantitative estimate of drug-likeness (QED) is 0.363. The van der Waals surface area contributed by atoms with Gasteiger partial charge in [0.05, 0.1) is 24.3 Å². The zero-order valence-electron chi connectivity index (χ0n) is 14.1. The Morgan fingerprint density at radius 3 is 2.78 bits per heavy atom. The molecule has 4 N–H and O–H groups in total. The lowest BCUT2D eigenvalue weighted by atomic mass is 10.2. The van der Waals surface area contributed by atoms with E-state index in [9.17, 15) is 14.0 Å². The first kappa shape index (κ1) is 20.6. The van der Waals surface area contributed by atoms with E-state index in [1.165, 1.54) is 4.68 Å². The molecule has 150 valence electrons. The molecular weight excluding hydrogens is 424 g/mol. The van der Waals surface area contributed by atoms with E-state index in [2.05, 4.69) is 20.4 Å². The first-order chi connectivity index (χ1) is 12.6. The molecule has 1 fully saturated rings. The van der Waals surface area contributed by atoms with Crippen LogP contribution in [-0.4, -0.2) is 60.1 Å². The van der Waals surface area contributed by atoms with Gasteiger partial charge in [-0.05, 0) is 24.4 Å². The van der Waals surface area contributed by atoms with Crippen LogP contribution in [0, 0.1) is 0 Å². The Kier molecular flexibility index (Phi) is 5.90. The number of hydrogen-bond acceptors (Lipinski definition) is 8. The summed E-state index contributed by atoms with van der Waals surface area (Å²) < 4.78 is 34.7. The van der Waals surface area contributed by atoms with Crippen LogP contribution in [0.4, 0.5) is 5.82 Å². The summed E-state index contributed by atoms with van der Waals surface area (Å²) in [6, 6.07) is 0. The molecule has 3 rings (SSSR count). The van der Waals surface area contributed by atoms with Crippen LogP contribution in [0.25, 0.3) is 11.0 Å². The number of rotatable bonds is 7. The molecular formula is C12H18ClN5O7P2. The second kappa shape index (κ2) is 7.73. The highest BCUT2D eigenvalue weighted by molar-refractivity contribution is 7.70. The fourth-order valence-electron chi connectivity index (χ4n) is 2.76. The number of aromatic nitrogens is 4. The zero-order valence-corrected chi connectivity index (χ0v) is 16.6. The monoisotopic (exact) mass is 441 g/mol. The van der Waals surface area contributed by atoms with E-state index < -0.39 is 33.4 Å². The Hall–Kier alpha value is -1.10. The van der Waals surface area contributed by atoms with E-state index in [1.54, 1.807) is 13.2 Å². The summed E-state index contributed by atoms with van der Waals surface area (Å²) in [5.74, 6) is -0.713. The highest BCUT2D eigenvalue weighted by Crippen LogP contribution is 2.55. The highest BCUT2D eigenvalue weighted by atomic mass is 35.5. The Balaban J connectivity index is 1.68. The molecule has 3 heterocycles. The van der Waals surface area contributed by atoms with Crippen molar-refractivity contribution in [3.8, 4) is 0 Å². The number of fused-ring (bicyclic) bond motifs is 1. The lowest BCUT2D eigenvalue weighted by molar-refractivity contribution is -0.0230. The van der Waals surface area contributed by atoms with Crippen molar-refractivity contribution in [3.05, 3.63) is 11.5 Å².